The highest BCUT2D eigenvalue weighted by atomic mass is 16.6. The van der Waals surface area contributed by atoms with Gasteiger partial charge in [0.15, 0.2) is 6.04 Å². The van der Waals surface area contributed by atoms with Crippen LogP contribution < -0.4 is 16.0 Å². The van der Waals surface area contributed by atoms with Gasteiger partial charge in [0.25, 0.3) is 5.91 Å². The van der Waals surface area contributed by atoms with Gasteiger partial charge in [-0.1, -0.05) is 44.2 Å². The fourth-order valence-electron chi connectivity index (χ4n) is 2.50. The molecule has 28 heavy (non-hydrogen) atoms. The predicted octanol–water partition coefficient (Wildman–Crippen LogP) is 0.831. The maximum Gasteiger partial charge on any atom is 0.408 e. The number of esters is 1. The van der Waals surface area contributed by atoms with E-state index < -0.39 is 41.7 Å². The number of amides is 3. The van der Waals surface area contributed by atoms with E-state index in [1.807, 2.05) is 30.3 Å². The number of benzene rings is 1. The molecule has 2 rings (SSSR count). The van der Waals surface area contributed by atoms with E-state index >= 15 is 0 Å². The standard InChI is InChI=1S/C19H25N3O6/c1-11(2)19(4,22-18(26)27-10-13-8-6-5-7-9-13)17(25)20-14-15(24)21-16(14)28-12(3)23/h5-9,11,14,16H,10H2,1-4H3,(H,20,25)(H,21,24)(H,22,26)/t14-,16+,19+/m1/s1. The van der Waals surface area contributed by atoms with Crippen molar-refractivity contribution in [1.29, 1.82) is 0 Å². The van der Waals surface area contributed by atoms with Gasteiger partial charge in [0.2, 0.25) is 12.1 Å². The Hall–Kier alpha value is -3.10. The van der Waals surface area contributed by atoms with E-state index in [1.54, 1.807) is 13.8 Å². The summed E-state index contributed by atoms with van der Waals surface area (Å²) in [6.45, 7) is 6.30. The van der Waals surface area contributed by atoms with Crippen LogP contribution >= 0.6 is 0 Å². The number of ether oxygens (including phenoxy) is 2. The van der Waals surface area contributed by atoms with E-state index in [2.05, 4.69) is 16.0 Å². The summed E-state index contributed by atoms with van der Waals surface area (Å²) in [5.41, 5.74) is -0.534. The Balaban J connectivity index is 1.99. The van der Waals surface area contributed by atoms with Crippen molar-refractivity contribution in [2.75, 3.05) is 0 Å². The molecule has 1 fully saturated rings. The molecule has 0 unspecified atom stereocenters. The molecule has 1 aliphatic heterocycles. The van der Waals surface area contributed by atoms with Crippen LogP contribution in [0.15, 0.2) is 30.3 Å². The van der Waals surface area contributed by atoms with Crippen LogP contribution in [0.25, 0.3) is 0 Å². The molecule has 0 aliphatic carbocycles. The molecule has 3 amide bonds. The number of hydrogen-bond acceptors (Lipinski definition) is 6. The average Bonchev–Trinajstić information content (AvgIpc) is 2.64. The van der Waals surface area contributed by atoms with Crippen molar-refractivity contribution in [3.05, 3.63) is 35.9 Å². The van der Waals surface area contributed by atoms with Crippen molar-refractivity contribution in [2.24, 2.45) is 5.92 Å². The molecule has 3 atom stereocenters. The van der Waals surface area contributed by atoms with Crippen LogP contribution in [0, 0.1) is 5.92 Å². The summed E-state index contributed by atoms with van der Waals surface area (Å²) >= 11 is 0. The minimum absolute atomic E-state index is 0.0576. The molecule has 152 valence electrons. The summed E-state index contributed by atoms with van der Waals surface area (Å²) in [6.07, 6.45) is -1.69. The fraction of sp³-hybridized carbons (Fsp3) is 0.474. The number of carbonyl (C=O) groups excluding carboxylic acids is 4. The lowest BCUT2D eigenvalue weighted by Crippen LogP contribution is -2.73. The van der Waals surface area contributed by atoms with E-state index in [-0.39, 0.29) is 12.5 Å². The van der Waals surface area contributed by atoms with Crippen molar-refractivity contribution in [1.82, 2.24) is 16.0 Å². The zero-order chi connectivity index (χ0) is 20.9. The summed E-state index contributed by atoms with van der Waals surface area (Å²) in [7, 11) is 0. The monoisotopic (exact) mass is 391 g/mol. The normalized spacial score (nSPS) is 20.2. The second-order valence-corrected chi connectivity index (χ2v) is 7.03. The molecule has 0 bridgehead atoms. The molecule has 9 heteroatoms. The fourth-order valence-corrected chi connectivity index (χ4v) is 2.50. The molecule has 1 aromatic carbocycles. The third-order valence-electron chi connectivity index (χ3n) is 4.65. The number of carbonyl (C=O) groups is 4. The Kier molecular flexibility index (Phi) is 6.61. The molecule has 1 heterocycles. The highest BCUT2D eigenvalue weighted by Crippen LogP contribution is 2.19. The smallest absolute Gasteiger partial charge is 0.408 e. The molecular formula is C19H25N3O6. The maximum absolute atomic E-state index is 12.8. The minimum Gasteiger partial charge on any atom is -0.445 e. The zero-order valence-corrected chi connectivity index (χ0v) is 16.3. The first kappa shape index (κ1) is 21.2. The van der Waals surface area contributed by atoms with Crippen molar-refractivity contribution in [3.63, 3.8) is 0 Å². The van der Waals surface area contributed by atoms with Gasteiger partial charge >= 0.3 is 12.1 Å². The van der Waals surface area contributed by atoms with Gasteiger partial charge < -0.3 is 25.4 Å². The van der Waals surface area contributed by atoms with Crippen LogP contribution in [0.2, 0.25) is 0 Å². The largest absolute Gasteiger partial charge is 0.445 e. The van der Waals surface area contributed by atoms with Gasteiger partial charge in [0.1, 0.15) is 12.1 Å². The summed E-state index contributed by atoms with van der Waals surface area (Å²) in [5.74, 6) is -1.96. The molecule has 1 aliphatic rings. The van der Waals surface area contributed by atoms with Crippen molar-refractivity contribution < 1.29 is 28.7 Å². The first-order valence-electron chi connectivity index (χ1n) is 8.91. The van der Waals surface area contributed by atoms with E-state index in [0.717, 1.165) is 5.56 Å². The lowest BCUT2D eigenvalue weighted by molar-refractivity contribution is -0.165. The van der Waals surface area contributed by atoms with Crippen LogP contribution in [-0.4, -0.2) is 41.7 Å². The maximum atomic E-state index is 12.8. The van der Waals surface area contributed by atoms with E-state index in [9.17, 15) is 19.2 Å². The zero-order valence-electron chi connectivity index (χ0n) is 16.3. The first-order chi connectivity index (χ1) is 13.1. The van der Waals surface area contributed by atoms with E-state index in [1.165, 1.54) is 13.8 Å². The molecule has 0 spiro atoms. The van der Waals surface area contributed by atoms with Crippen molar-refractivity contribution >= 4 is 23.9 Å². The Bertz CT molecular complexity index is 751. The lowest BCUT2D eigenvalue weighted by atomic mass is 9.87. The summed E-state index contributed by atoms with van der Waals surface area (Å²) in [6, 6.07) is 8.11. The third-order valence-corrected chi connectivity index (χ3v) is 4.65. The molecule has 3 N–H and O–H groups in total. The van der Waals surface area contributed by atoms with Gasteiger partial charge in [-0.3, -0.25) is 14.4 Å². The molecule has 1 aromatic rings. The molecule has 1 saturated heterocycles. The van der Waals surface area contributed by atoms with E-state index in [0.29, 0.717) is 0 Å². The number of nitrogens with one attached hydrogen (secondary N) is 3. The molecule has 0 saturated carbocycles. The Morgan fingerprint density at radius 1 is 1.21 bits per heavy atom. The van der Waals surface area contributed by atoms with Crippen molar-refractivity contribution in [2.45, 2.75) is 52.1 Å². The SMILES string of the molecule is CC(=O)O[C@@H]1NC(=O)[C@H]1NC(=O)[C@@](C)(NC(=O)OCc1ccccc1)C(C)C. The van der Waals surface area contributed by atoms with Gasteiger partial charge in [-0.05, 0) is 18.4 Å². The van der Waals surface area contributed by atoms with Gasteiger partial charge in [-0.15, -0.1) is 0 Å². The van der Waals surface area contributed by atoms with Gasteiger partial charge in [0.05, 0.1) is 0 Å². The van der Waals surface area contributed by atoms with Crippen LogP contribution in [0.4, 0.5) is 4.79 Å². The number of alkyl carbamates (subject to hydrolysis) is 1. The van der Waals surface area contributed by atoms with Gasteiger partial charge in [-0.25, -0.2) is 4.79 Å². The van der Waals surface area contributed by atoms with E-state index in [4.69, 9.17) is 9.47 Å². The number of rotatable bonds is 7. The van der Waals surface area contributed by atoms with Crippen LogP contribution in [0.5, 0.6) is 0 Å². The lowest BCUT2D eigenvalue weighted by Gasteiger charge is -2.39. The average molecular weight is 391 g/mol. The quantitative estimate of drug-likeness (QED) is 0.467. The molecule has 0 aromatic heterocycles. The molecule has 9 nitrogen and oxygen atoms in total. The summed E-state index contributed by atoms with van der Waals surface area (Å²) < 4.78 is 10.1. The molecule has 0 radical (unpaired) electrons. The van der Waals surface area contributed by atoms with Gasteiger partial charge in [0, 0.05) is 6.92 Å². The Morgan fingerprint density at radius 2 is 1.86 bits per heavy atom. The van der Waals surface area contributed by atoms with Crippen molar-refractivity contribution in [3.8, 4) is 0 Å². The van der Waals surface area contributed by atoms with Crippen LogP contribution in [0.1, 0.15) is 33.3 Å². The van der Waals surface area contributed by atoms with Crippen LogP contribution in [0.3, 0.4) is 0 Å². The summed E-state index contributed by atoms with van der Waals surface area (Å²) in [4.78, 5) is 47.8. The highest BCUT2D eigenvalue weighted by Gasteiger charge is 2.47. The summed E-state index contributed by atoms with van der Waals surface area (Å²) in [5, 5.41) is 7.48. The topological polar surface area (TPSA) is 123 Å². The number of β-lactam (4-membered cyclic amide) rings is 1. The minimum atomic E-state index is -1.34. The van der Waals surface area contributed by atoms with Crippen LogP contribution in [-0.2, 0) is 30.5 Å². The predicted molar refractivity (Wildman–Crippen MR) is 98.6 cm³/mol. The first-order valence-corrected chi connectivity index (χ1v) is 8.91. The Morgan fingerprint density at radius 3 is 2.39 bits per heavy atom. The molecular weight excluding hydrogens is 366 g/mol. The second kappa shape index (κ2) is 8.73. The Labute approximate surface area is 163 Å². The number of hydrogen-bond donors (Lipinski definition) is 3. The third kappa shape index (κ3) is 4.99. The highest BCUT2D eigenvalue weighted by molar-refractivity contribution is 5.97. The van der Waals surface area contributed by atoms with Gasteiger partial charge in [-0.2, -0.15) is 0 Å². The second-order valence-electron chi connectivity index (χ2n) is 7.03.